The van der Waals surface area contributed by atoms with Crippen LogP contribution < -0.4 is 0 Å². The van der Waals surface area contributed by atoms with Crippen molar-refractivity contribution in [2.75, 3.05) is 18.4 Å². The molecule has 0 saturated carbocycles. The monoisotopic (exact) mass is 301 g/mol. The van der Waals surface area contributed by atoms with Gasteiger partial charge < -0.3 is 4.42 Å². The zero-order chi connectivity index (χ0) is 12.7. The zero-order valence-corrected chi connectivity index (χ0v) is 12.8. The molecule has 0 atom stereocenters. The van der Waals surface area contributed by atoms with Gasteiger partial charge in [-0.1, -0.05) is 36.7 Å². The van der Waals surface area contributed by atoms with Gasteiger partial charge in [-0.05, 0) is 36.9 Å². The minimum absolute atomic E-state index is 0.391. The molecular weight excluding hydrogens is 278 g/mol. The number of hydrogen-bond acceptors (Lipinski definition) is 2. The summed E-state index contributed by atoms with van der Waals surface area (Å²) in [6.07, 6.45) is 4.17. The molecule has 0 spiro atoms. The Bertz CT molecular complexity index is 285. The van der Waals surface area contributed by atoms with Crippen LogP contribution >= 0.6 is 15.9 Å². The molecule has 0 aliphatic carbocycles. The van der Waals surface area contributed by atoms with Crippen LogP contribution in [0.25, 0.3) is 0 Å². The van der Waals surface area contributed by atoms with Gasteiger partial charge in [0.2, 0.25) is 0 Å². The van der Waals surface area contributed by atoms with Crippen LogP contribution in [0.5, 0.6) is 0 Å². The van der Waals surface area contributed by atoms with Gasteiger partial charge >= 0.3 is 0 Å². The molecule has 0 fully saturated rings. The van der Waals surface area contributed by atoms with Crippen molar-refractivity contribution < 1.29 is 4.42 Å². The first-order valence-corrected chi connectivity index (χ1v) is 7.62. The fourth-order valence-corrected chi connectivity index (χ4v) is 3.05. The molecule has 0 aliphatic rings. The summed E-state index contributed by atoms with van der Waals surface area (Å²) >= 11 is 3.68. The van der Waals surface area contributed by atoms with Crippen molar-refractivity contribution in [1.82, 2.24) is 4.90 Å². The van der Waals surface area contributed by atoms with Gasteiger partial charge in [0.05, 0.1) is 12.8 Å². The fourth-order valence-electron chi connectivity index (χ4n) is 2.08. The van der Waals surface area contributed by atoms with Crippen LogP contribution in [0, 0.1) is 5.41 Å². The second kappa shape index (κ2) is 7.22. The lowest BCUT2D eigenvalue weighted by Gasteiger charge is -2.35. The highest BCUT2D eigenvalue weighted by atomic mass is 79.9. The average molecular weight is 302 g/mol. The number of halogens is 1. The van der Waals surface area contributed by atoms with Crippen LogP contribution in [0.4, 0.5) is 0 Å². The summed E-state index contributed by atoms with van der Waals surface area (Å²) in [5.41, 5.74) is 0.391. The number of furan rings is 1. The van der Waals surface area contributed by atoms with Crippen LogP contribution in [-0.2, 0) is 6.54 Å². The lowest BCUT2D eigenvalue weighted by Crippen LogP contribution is -2.38. The van der Waals surface area contributed by atoms with Crippen LogP contribution in [0.15, 0.2) is 22.8 Å². The number of hydrogen-bond donors (Lipinski definition) is 0. The Morgan fingerprint density at radius 2 is 2.00 bits per heavy atom. The van der Waals surface area contributed by atoms with E-state index in [9.17, 15) is 0 Å². The van der Waals surface area contributed by atoms with Crippen LogP contribution in [0.3, 0.4) is 0 Å². The van der Waals surface area contributed by atoms with E-state index in [1.807, 2.05) is 6.07 Å². The maximum atomic E-state index is 5.43. The van der Waals surface area contributed by atoms with Crippen molar-refractivity contribution >= 4 is 15.9 Å². The van der Waals surface area contributed by atoms with Crippen LogP contribution in [0.1, 0.15) is 39.4 Å². The average Bonchev–Trinajstić information content (AvgIpc) is 2.87. The summed E-state index contributed by atoms with van der Waals surface area (Å²) in [4.78, 5) is 2.47. The Morgan fingerprint density at radius 1 is 1.29 bits per heavy atom. The molecule has 3 heteroatoms. The van der Waals surface area contributed by atoms with Crippen molar-refractivity contribution in [2.24, 2.45) is 5.41 Å². The number of nitrogens with zero attached hydrogens (tertiary/aromatic N) is 1. The van der Waals surface area contributed by atoms with Gasteiger partial charge in [0.25, 0.3) is 0 Å². The van der Waals surface area contributed by atoms with E-state index in [0.29, 0.717) is 5.41 Å². The van der Waals surface area contributed by atoms with E-state index in [1.165, 1.54) is 12.8 Å². The topological polar surface area (TPSA) is 16.4 Å². The zero-order valence-electron chi connectivity index (χ0n) is 11.2. The summed E-state index contributed by atoms with van der Waals surface area (Å²) in [7, 11) is 0. The normalized spacial score (nSPS) is 12.3. The Labute approximate surface area is 114 Å². The van der Waals surface area contributed by atoms with Gasteiger partial charge in [0, 0.05) is 11.9 Å². The maximum Gasteiger partial charge on any atom is 0.117 e. The Hall–Kier alpha value is -0.280. The van der Waals surface area contributed by atoms with Gasteiger partial charge in [-0.25, -0.2) is 0 Å². The van der Waals surface area contributed by atoms with Gasteiger partial charge in [-0.15, -0.1) is 0 Å². The molecule has 1 rings (SSSR count). The molecule has 0 bridgehead atoms. The molecule has 0 radical (unpaired) electrons. The molecule has 1 aromatic rings. The molecule has 0 amide bonds. The standard InChI is InChI=1S/C14H24BrNO/c1-4-14(5-2,11-15)12-16(6-3)10-13-8-7-9-17-13/h7-9H,4-6,10-12H2,1-3H3. The third-order valence-corrected chi connectivity index (χ3v) is 4.94. The predicted molar refractivity (Wildman–Crippen MR) is 76.5 cm³/mol. The van der Waals surface area contributed by atoms with E-state index >= 15 is 0 Å². The van der Waals surface area contributed by atoms with Gasteiger partial charge in [0.1, 0.15) is 5.76 Å². The maximum absolute atomic E-state index is 5.43. The third-order valence-electron chi connectivity index (χ3n) is 3.75. The predicted octanol–water partition coefficient (Wildman–Crippen LogP) is 4.30. The lowest BCUT2D eigenvalue weighted by atomic mass is 9.84. The lowest BCUT2D eigenvalue weighted by molar-refractivity contribution is 0.150. The van der Waals surface area contributed by atoms with E-state index in [-0.39, 0.29) is 0 Å². The largest absolute Gasteiger partial charge is 0.468 e. The number of alkyl halides is 1. The van der Waals surface area contributed by atoms with Gasteiger partial charge in [0.15, 0.2) is 0 Å². The first-order chi connectivity index (χ1) is 8.19. The second-order valence-electron chi connectivity index (χ2n) is 4.72. The van der Waals surface area contributed by atoms with E-state index in [0.717, 1.165) is 30.7 Å². The summed E-state index contributed by atoms with van der Waals surface area (Å²) < 4.78 is 5.43. The summed E-state index contributed by atoms with van der Waals surface area (Å²) in [5, 5.41) is 1.07. The molecule has 1 heterocycles. The van der Waals surface area contributed by atoms with Crippen molar-refractivity contribution in [3.8, 4) is 0 Å². The number of rotatable bonds is 8. The molecule has 17 heavy (non-hydrogen) atoms. The SMILES string of the molecule is CCN(Cc1ccco1)CC(CC)(CC)CBr. The van der Waals surface area contributed by atoms with Crippen molar-refractivity contribution in [3.63, 3.8) is 0 Å². The molecule has 2 nitrogen and oxygen atoms in total. The van der Waals surface area contributed by atoms with E-state index in [4.69, 9.17) is 4.42 Å². The summed E-state index contributed by atoms with van der Waals surface area (Å²) in [5.74, 6) is 1.06. The Balaban J connectivity index is 2.61. The second-order valence-corrected chi connectivity index (χ2v) is 5.28. The van der Waals surface area contributed by atoms with E-state index in [1.54, 1.807) is 6.26 Å². The molecule has 0 N–H and O–H groups in total. The highest BCUT2D eigenvalue weighted by Crippen LogP contribution is 2.30. The van der Waals surface area contributed by atoms with E-state index in [2.05, 4.69) is 47.7 Å². The van der Waals surface area contributed by atoms with Crippen molar-refractivity contribution in [2.45, 2.75) is 40.2 Å². The first kappa shape index (κ1) is 14.8. The minimum atomic E-state index is 0.391. The Kier molecular flexibility index (Phi) is 6.28. The van der Waals surface area contributed by atoms with E-state index < -0.39 is 0 Å². The molecular formula is C14H24BrNO. The molecule has 98 valence electrons. The molecule has 0 unspecified atom stereocenters. The molecule has 0 saturated heterocycles. The third kappa shape index (κ3) is 4.14. The quantitative estimate of drug-likeness (QED) is 0.666. The van der Waals surface area contributed by atoms with Crippen LogP contribution in [0.2, 0.25) is 0 Å². The van der Waals surface area contributed by atoms with Gasteiger partial charge in [-0.2, -0.15) is 0 Å². The molecule has 1 aromatic heterocycles. The summed E-state index contributed by atoms with van der Waals surface area (Å²) in [6.45, 7) is 9.89. The highest BCUT2D eigenvalue weighted by molar-refractivity contribution is 9.09. The minimum Gasteiger partial charge on any atom is -0.468 e. The van der Waals surface area contributed by atoms with Gasteiger partial charge in [-0.3, -0.25) is 4.90 Å². The fraction of sp³-hybridized carbons (Fsp3) is 0.714. The van der Waals surface area contributed by atoms with Crippen LogP contribution in [-0.4, -0.2) is 23.3 Å². The summed E-state index contributed by atoms with van der Waals surface area (Å²) in [6, 6.07) is 4.01. The van der Waals surface area contributed by atoms with Crippen molar-refractivity contribution in [1.29, 1.82) is 0 Å². The molecule has 0 aliphatic heterocycles. The smallest absolute Gasteiger partial charge is 0.117 e. The Morgan fingerprint density at radius 3 is 2.41 bits per heavy atom. The first-order valence-electron chi connectivity index (χ1n) is 6.50. The molecule has 0 aromatic carbocycles. The van der Waals surface area contributed by atoms with Crippen molar-refractivity contribution in [3.05, 3.63) is 24.2 Å². The highest BCUT2D eigenvalue weighted by Gasteiger charge is 2.27.